The van der Waals surface area contributed by atoms with Gasteiger partial charge in [0.25, 0.3) is 0 Å². The lowest BCUT2D eigenvalue weighted by molar-refractivity contribution is 0.144. The lowest BCUT2D eigenvalue weighted by atomic mass is 10.0. The standard InChI is InChI=1S/C20H33N3O2/c1-22(2)15-9-12-23(13-10-15)14-11-21-18-7-5-17-16(18)6-8-19(24-3)20(17)25-4/h6,8,15,18,21H,5,7,9-14H2,1-4H3. The summed E-state index contributed by atoms with van der Waals surface area (Å²) in [6, 6.07) is 5.43. The summed E-state index contributed by atoms with van der Waals surface area (Å²) in [4.78, 5) is 4.96. The van der Waals surface area contributed by atoms with Crippen LogP contribution in [0.15, 0.2) is 12.1 Å². The van der Waals surface area contributed by atoms with Gasteiger partial charge in [0.2, 0.25) is 0 Å². The molecule has 1 aliphatic carbocycles. The maximum absolute atomic E-state index is 5.59. The van der Waals surface area contributed by atoms with E-state index in [1.54, 1.807) is 14.2 Å². The number of ether oxygens (including phenoxy) is 2. The number of piperidine rings is 1. The fourth-order valence-electron chi connectivity index (χ4n) is 4.30. The summed E-state index contributed by atoms with van der Waals surface area (Å²) in [7, 11) is 7.83. The minimum Gasteiger partial charge on any atom is -0.493 e. The molecule has 0 radical (unpaired) electrons. The summed E-state index contributed by atoms with van der Waals surface area (Å²) in [5.74, 6) is 1.75. The van der Waals surface area contributed by atoms with Gasteiger partial charge in [-0.15, -0.1) is 0 Å². The van der Waals surface area contributed by atoms with E-state index in [-0.39, 0.29) is 0 Å². The zero-order valence-electron chi connectivity index (χ0n) is 16.2. The lowest BCUT2D eigenvalue weighted by Gasteiger charge is -2.35. The molecule has 0 amide bonds. The van der Waals surface area contributed by atoms with E-state index < -0.39 is 0 Å². The van der Waals surface area contributed by atoms with Gasteiger partial charge >= 0.3 is 0 Å². The molecule has 1 unspecified atom stereocenters. The molecule has 1 fully saturated rings. The number of rotatable bonds is 7. The lowest BCUT2D eigenvalue weighted by Crippen LogP contribution is -2.44. The van der Waals surface area contributed by atoms with Crippen molar-refractivity contribution >= 4 is 0 Å². The molecule has 0 saturated carbocycles. The number of hydrogen-bond acceptors (Lipinski definition) is 5. The highest BCUT2D eigenvalue weighted by Gasteiger charge is 2.27. The topological polar surface area (TPSA) is 37.0 Å². The Morgan fingerprint density at radius 2 is 1.88 bits per heavy atom. The van der Waals surface area contributed by atoms with E-state index in [4.69, 9.17) is 9.47 Å². The van der Waals surface area contributed by atoms with E-state index in [9.17, 15) is 0 Å². The van der Waals surface area contributed by atoms with Crippen LogP contribution in [0.5, 0.6) is 11.5 Å². The molecule has 1 heterocycles. The number of benzene rings is 1. The van der Waals surface area contributed by atoms with Crippen LogP contribution in [0.4, 0.5) is 0 Å². The number of likely N-dealkylation sites (tertiary alicyclic amines) is 1. The van der Waals surface area contributed by atoms with Crippen LogP contribution in [0.25, 0.3) is 0 Å². The Bertz CT molecular complexity index is 568. The Balaban J connectivity index is 1.50. The Morgan fingerprint density at radius 1 is 1.12 bits per heavy atom. The molecule has 2 aliphatic rings. The summed E-state index contributed by atoms with van der Waals surface area (Å²) < 4.78 is 11.0. The van der Waals surface area contributed by atoms with Crippen molar-refractivity contribution in [2.75, 3.05) is 54.5 Å². The number of fused-ring (bicyclic) bond motifs is 1. The number of nitrogens with zero attached hydrogens (tertiary/aromatic N) is 2. The molecule has 1 aromatic carbocycles. The van der Waals surface area contributed by atoms with Gasteiger partial charge in [0, 0.05) is 30.7 Å². The molecule has 140 valence electrons. The monoisotopic (exact) mass is 347 g/mol. The molecule has 5 nitrogen and oxygen atoms in total. The molecule has 25 heavy (non-hydrogen) atoms. The van der Waals surface area contributed by atoms with E-state index in [1.807, 2.05) is 6.07 Å². The highest BCUT2D eigenvalue weighted by Crippen LogP contribution is 2.42. The van der Waals surface area contributed by atoms with Crippen LogP contribution in [-0.2, 0) is 6.42 Å². The molecule has 1 saturated heterocycles. The van der Waals surface area contributed by atoms with Crippen molar-refractivity contribution in [1.29, 1.82) is 0 Å². The third-order valence-corrected chi connectivity index (χ3v) is 5.85. The summed E-state index contributed by atoms with van der Waals surface area (Å²) in [5, 5.41) is 3.76. The first-order valence-corrected chi connectivity index (χ1v) is 9.50. The molecule has 1 N–H and O–H groups in total. The minimum absolute atomic E-state index is 0.439. The highest BCUT2D eigenvalue weighted by atomic mass is 16.5. The molecular weight excluding hydrogens is 314 g/mol. The van der Waals surface area contributed by atoms with Crippen LogP contribution in [0.2, 0.25) is 0 Å². The number of hydrogen-bond donors (Lipinski definition) is 1. The van der Waals surface area contributed by atoms with Crippen molar-refractivity contribution in [3.8, 4) is 11.5 Å². The van der Waals surface area contributed by atoms with Gasteiger partial charge in [-0.2, -0.15) is 0 Å². The summed E-state index contributed by atoms with van der Waals surface area (Å²) >= 11 is 0. The van der Waals surface area contributed by atoms with E-state index in [1.165, 1.54) is 37.1 Å². The van der Waals surface area contributed by atoms with Crippen molar-refractivity contribution in [3.05, 3.63) is 23.3 Å². The zero-order chi connectivity index (χ0) is 17.8. The van der Waals surface area contributed by atoms with Crippen LogP contribution in [0.3, 0.4) is 0 Å². The molecule has 1 atom stereocenters. The van der Waals surface area contributed by atoms with E-state index in [0.717, 1.165) is 43.5 Å². The average molecular weight is 348 g/mol. The second-order valence-electron chi connectivity index (χ2n) is 7.45. The normalized spacial score (nSPS) is 21.6. The number of methoxy groups -OCH3 is 2. The Morgan fingerprint density at radius 3 is 2.52 bits per heavy atom. The van der Waals surface area contributed by atoms with Crippen LogP contribution in [0.1, 0.15) is 36.4 Å². The average Bonchev–Trinajstić information content (AvgIpc) is 3.04. The van der Waals surface area contributed by atoms with Gasteiger partial charge in [-0.05, 0) is 64.5 Å². The van der Waals surface area contributed by atoms with Crippen LogP contribution in [-0.4, -0.2) is 70.3 Å². The van der Waals surface area contributed by atoms with E-state index >= 15 is 0 Å². The molecule has 0 aromatic heterocycles. The first-order chi connectivity index (χ1) is 12.1. The summed E-state index contributed by atoms with van der Waals surface area (Å²) in [6.07, 6.45) is 4.77. The van der Waals surface area contributed by atoms with Crippen molar-refractivity contribution in [2.45, 2.75) is 37.8 Å². The Hall–Kier alpha value is -1.30. The smallest absolute Gasteiger partial charge is 0.164 e. The minimum atomic E-state index is 0.439. The van der Waals surface area contributed by atoms with Crippen molar-refractivity contribution in [1.82, 2.24) is 15.1 Å². The molecule has 0 bridgehead atoms. The fourth-order valence-corrected chi connectivity index (χ4v) is 4.30. The van der Waals surface area contributed by atoms with Gasteiger partial charge < -0.3 is 24.6 Å². The zero-order valence-corrected chi connectivity index (χ0v) is 16.2. The molecule has 5 heteroatoms. The van der Waals surface area contributed by atoms with Crippen molar-refractivity contribution < 1.29 is 9.47 Å². The molecule has 1 aliphatic heterocycles. The van der Waals surface area contributed by atoms with Gasteiger partial charge in [-0.25, -0.2) is 0 Å². The SMILES string of the molecule is COc1ccc2c(c1OC)CCC2NCCN1CCC(N(C)C)CC1. The second kappa shape index (κ2) is 8.39. The first kappa shape index (κ1) is 18.5. The predicted molar refractivity (Wildman–Crippen MR) is 102 cm³/mol. The first-order valence-electron chi connectivity index (χ1n) is 9.50. The van der Waals surface area contributed by atoms with Gasteiger partial charge in [0.05, 0.1) is 14.2 Å². The van der Waals surface area contributed by atoms with Crippen LogP contribution < -0.4 is 14.8 Å². The van der Waals surface area contributed by atoms with E-state index in [0.29, 0.717) is 6.04 Å². The summed E-state index contributed by atoms with van der Waals surface area (Å²) in [5.41, 5.74) is 2.69. The maximum atomic E-state index is 5.59. The third kappa shape index (κ3) is 4.10. The fraction of sp³-hybridized carbons (Fsp3) is 0.700. The second-order valence-corrected chi connectivity index (χ2v) is 7.45. The highest BCUT2D eigenvalue weighted by molar-refractivity contribution is 5.53. The van der Waals surface area contributed by atoms with Gasteiger partial charge in [-0.3, -0.25) is 0 Å². The largest absolute Gasteiger partial charge is 0.493 e. The predicted octanol–water partition coefficient (Wildman–Crippen LogP) is 2.31. The third-order valence-electron chi connectivity index (χ3n) is 5.85. The Kier molecular flexibility index (Phi) is 6.20. The van der Waals surface area contributed by atoms with Gasteiger partial charge in [-0.1, -0.05) is 6.07 Å². The molecular formula is C20H33N3O2. The van der Waals surface area contributed by atoms with Crippen molar-refractivity contribution in [2.24, 2.45) is 0 Å². The molecule has 3 rings (SSSR count). The van der Waals surface area contributed by atoms with Crippen LogP contribution in [0, 0.1) is 0 Å². The maximum Gasteiger partial charge on any atom is 0.164 e. The van der Waals surface area contributed by atoms with E-state index in [2.05, 4.69) is 35.3 Å². The van der Waals surface area contributed by atoms with Crippen LogP contribution >= 0.6 is 0 Å². The summed E-state index contributed by atoms with van der Waals surface area (Å²) in [6.45, 7) is 4.62. The molecule has 1 aromatic rings. The number of nitrogens with one attached hydrogen (secondary N) is 1. The van der Waals surface area contributed by atoms with Gasteiger partial charge in [0.1, 0.15) is 0 Å². The Labute approximate surface area is 152 Å². The van der Waals surface area contributed by atoms with Crippen molar-refractivity contribution in [3.63, 3.8) is 0 Å². The quantitative estimate of drug-likeness (QED) is 0.819. The molecule has 0 spiro atoms. The van der Waals surface area contributed by atoms with Gasteiger partial charge in [0.15, 0.2) is 11.5 Å².